The molecule has 1 fully saturated rings. The summed E-state index contributed by atoms with van der Waals surface area (Å²) in [5, 5.41) is 56.6. The molecule has 4 aromatic rings. The third-order valence-corrected chi connectivity index (χ3v) is 10.5. The number of rotatable bonds is 21. The van der Waals surface area contributed by atoms with E-state index in [-0.39, 0.29) is 37.7 Å². The van der Waals surface area contributed by atoms with Crippen LogP contribution in [0.2, 0.25) is 0 Å². The second-order valence-electron chi connectivity index (χ2n) is 14.6. The van der Waals surface area contributed by atoms with Crippen LogP contribution in [0.4, 0.5) is 8.63 Å². The summed E-state index contributed by atoms with van der Waals surface area (Å²) < 4.78 is 70.3. The van der Waals surface area contributed by atoms with E-state index < -0.39 is 50.3 Å². The van der Waals surface area contributed by atoms with Crippen molar-refractivity contribution in [2.45, 2.75) is 50.8 Å². The van der Waals surface area contributed by atoms with Crippen LogP contribution in [-0.4, -0.2) is 152 Å². The molecule has 0 saturated carbocycles. The zero-order valence-corrected chi connectivity index (χ0v) is 33.8. The van der Waals surface area contributed by atoms with Gasteiger partial charge in [-0.15, -0.1) is 5.10 Å². The number of aliphatic hydroxyl groups excluding tert-OH is 4. The number of hydrogen-bond acceptors (Lipinski definition) is 13. The first-order valence-corrected chi connectivity index (χ1v) is 20.0. The minimum Gasteiger partial charge on any atom is -0.487 e. The number of para-hydroxylation sites is 1. The van der Waals surface area contributed by atoms with Crippen LogP contribution < -0.4 is 4.74 Å². The molecule has 0 bridgehead atoms. The van der Waals surface area contributed by atoms with Crippen LogP contribution in [0.3, 0.4) is 0 Å². The van der Waals surface area contributed by atoms with Gasteiger partial charge in [0, 0.05) is 29.5 Å². The van der Waals surface area contributed by atoms with Gasteiger partial charge in [-0.3, -0.25) is 0 Å². The van der Waals surface area contributed by atoms with Gasteiger partial charge in [0.05, 0.1) is 76.7 Å². The number of carbonyl (C=O) groups is 1. The first-order chi connectivity index (χ1) is 30.0. The molecule has 0 radical (unpaired) electrons. The summed E-state index contributed by atoms with van der Waals surface area (Å²) in [6.07, 6.45) is 1.64. The molecule has 5 atom stereocenters. The monoisotopic (exact) mass is 863 g/mol. The number of aromatic carboxylic acids is 1. The van der Waals surface area contributed by atoms with Gasteiger partial charge in [-0.25, -0.2) is 9.48 Å². The van der Waals surface area contributed by atoms with E-state index >= 15 is 8.63 Å². The third-order valence-electron chi connectivity index (χ3n) is 10.5. The van der Waals surface area contributed by atoms with Crippen molar-refractivity contribution in [3.8, 4) is 5.75 Å². The Hall–Kier alpha value is -5.42. The number of carboxylic acid groups (broad SMARTS) is 1. The maximum atomic E-state index is 16.5. The summed E-state index contributed by atoms with van der Waals surface area (Å²) in [4.78, 5) is 11.3. The van der Waals surface area contributed by atoms with Gasteiger partial charge >= 0.3 is 12.9 Å². The summed E-state index contributed by atoms with van der Waals surface area (Å²) in [6, 6.07) is 16.8. The second kappa shape index (κ2) is 20.2. The maximum absolute atomic E-state index is 16.5. The van der Waals surface area contributed by atoms with E-state index in [4.69, 9.17) is 28.4 Å². The van der Waals surface area contributed by atoms with Crippen LogP contribution in [0, 0.1) is 6.92 Å². The van der Waals surface area contributed by atoms with Crippen LogP contribution in [0.25, 0.3) is 11.6 Å². The van der Waals surface area contributed by atoms with Crippen LogP contribution in [0.15, 0.2) is 90.8 Å². The van der Waals surface area contributed by atoms with Crippen molar-refractivity contribution in [3.05, 3.63) is 125 Å². The number of halogens is 2. The molecule has 17 nitrogen and oxygen atoms in total. The number of aryl methyl sites for hydroxylation is 1. The third kappa shape index (κ3) is 9.94. The first-order valence-electron chi connectivity index (χ1n) is 20.0. The molecule has 0 spiro atoms. The Morgan fingerprint density at radius 2 is 1.60 bits per heavy atom. The highest BCUT2D eigenvalue weighted by atomic mass is 19.2. The maximum Gasteiger partial charge on any atom is 0.737 e. The summed E-state index contributed by atoms with van der Waals surface area (Å²) in [5.74, 6) is -0.580. The molecule has 3 aliphatic rings. The van der Waals surface area contributed by atoms with Crippen LogP contribution in [0.1, 0.15) is 38.6 Å². The van der Waals surface area contributed by atoms with Crippen molar-refractivity contribution in [2.75, 3.05) is 52.9 Å². The summed E-state index contributed by atoms with van der Waals surface area (Å²) in [7, 11) is 0. The molecule has 5 heterocycles. The number of allylic oxidation sites excluding steroid dienone is 3. The first kappa shape index (κ1) is 44.6. The second-order valence-corrected chi connectivity index (χ2v) is 14.6. The zero-order chi connectivity index (χ0) is 43.8. The molecule has 0 amide bonds. The van der Waals surface area contributed by atoms with E-state index in [1.807, 2.05) is 18.2 Å². The molecular formula is C42H48BF2N5O12. The quantitative estimate of drug-likeness (QED) is 0.0601. The average Bonchev–Trinajstić information content (AvgIpc) is 4.02. The van der Waals surface area contributed by atoms with E-state index in [9.17, 15) is 30.3 Å². The van der Waals surface area contributed by atoms with Crippen LogP contribution in [-0.2, 0) is 36.8 Å². The fourth-order valence-corrected chi connectivity index (χ4v) is 7.35. The van der Waals surface area contributed by atoms with Crippen molar-refractivity contribution in [1.29, 1.82) is 0 Å². The van der Waals surface area contributed by atoms with Gasteiger partial charge in [0.15, 0.2) is 17.7 Å². The van der Waals surface area contributed by atoms with Gasteiger partial charge in [0.1, 0.15) is 42.5 Å². The normalized spacial score (nSPS) is 21.8. The smallest absolute Gasteiger partial charge is 0.487 e. The highest BCUT2D eigenvalue weighted by Gasteiger charge is 2.54. The van der Waals surface area contributed by atoms with Crippen molar-refractivity contribution >= 4 is 30.3 Å². The number of carboxylic acids is 1. The predicted molar refractivity (Wildman–Crippen MR) is 218 cm³/mol. The van der Waals surface area contributed by atoms with Crippen molar-refractivity contribution in [2.24, 2.45) is 0 Å². The number of ether oxygens (including phenoxy) is 6. The predicted octanol–water partition coefficient (Wildman–Crippen LogP) is 2.26. The number of hydrogen-bond donors (Lipinski definition) is 5. The van der Waals surface area contributed by atoms with Crippen LogP contribution >= 0.6 is 0 Å². The Morgan fingerprint density at radius 1 is 0.887 bits per heavy atom. The van der Waals surface area contributed by atoms with Gasteiger partial charge in [0.2, 0.25) is 0 Å². The SMILES string of the molecule is Cc1ccc2n1[B-](F)(F)[N+]1=C(/C=C/c3ccc(C(=O)O)cc3)C=CC1=C2c1ccccc1OCc1cn(CCOCCOCCOCCO[C@@H]2O[C@H](CO)[C@@H](O)[C@H](O)[C@H]2O)nn1. The molecule has 7 rings (SSSR count). The van der Waals surface area contributed by atoms with Crippen molar-refractivity contribution in [3.63, 3.8) is 0 Å². The molecule has 3 aliphatic heterocycles. The van der Waals surface area contributed by atoms with E-state index in [1.54, 1.807) is 72.4 Å². The van der Waals surface area contributed by atoms with E-state index in [0.29, 0.717) is 78.2 Å². The standard InChI is InChI=1S/C42H48BF2N5O12/c1-27-6-14-33-37(34-15-13-31(50(34)43(44,45)49(27)33)12-9-28-7-10-29(11-8-28)41(55)56)32-4-2-3-5-35(32)61-26-30-24-48(47-46-30)16-17-57-18-19-58-20-21-59-22-23-60-42-40(54)39(53)38(52)36(25-51)62-42/h2-15,24,36,38-40,42,51-54H,16-23,25-26H2,1H3,(H,55,56)/b12-9+/t36-,38-,39+,40-,42-/m1/s1. The van der Waals surface area contributed by atoms with Gasteiger partial charge in [-0.2, -0.15) is 0 Å². The minimum atomic E-state index is -4.28. The Bertz CT molecular complexity index is 2310. The largest absolute Gasteiger partial charge is 0.737 e. The number of benzene rings is 2. The molecule has 5 N–H and O–H groups in total. The number of aliphatic hydroxyl groups is 4. The summed E-state index contributed by atoms with van der Waals surface area (Å²) >= 11 is 0. The van der Waals surface area contributed by atoms with Gasteiger partial charge in [-0.05, 0) is 54.6 Å². The highest BCUT2D eigenvalue weighted by molar-refractivity contribution is 6.58. The molecule has 0 unspecified atom stereocenters. The van der Waals surface area contributed by atoms with Gasteiger partial charge in [-0.1, -0.05) is 35.5 Å². The number of fused-ring (bicyclic) bond motifs is 2. The molecule has 20 heteroatoms. The van der Waals surface area contributed by atoms with Crippen molar-refractivity contribution in [1.82, 2.24) is 19.5 Å². The zero-order valence-electron chi connectivity index (χ0n) is 33.8. The lowest BCUT2D eigenvalue weighted by Crippen LogP contribution is -2.59. The Labute approximate surface area is 355 Å². The van der Waals surface area contributed by atoms with Crippen molar-refractivity contribution < 1.29 is 71.9 Å². The summed E-state index contributed by atoms with van der Waals surface area (Å²) in [6.45, 7) is -0.895. The molecule has 330 valence electrons. The number of aromatic nitrogens is 4. The lowest BCUT2D eigenvalue weighted by atomic mass is 9.85. The topological polar surface area (TPSA) is 212 Å². The highest BCUT2D eigenvalue weighted by Crippen LogP contribution is 2.43. The Morgan fingerprint density at radius 3 is 2.32 bits per heavy atom. The minimum absolute atomic E-state index is 0.0430. The Kier molecular flexibility index (Phi) is 14.5. The summed E-state index contributed by atoms with van der Waals surface area (Å²) in [5.41, 5.74) is 3.89. The molecular weight excluding hydrogens is 815 g/mol. The average molecular weight is 864 g/mol. The number of nitrogens with zero attached hydrogens (tertiary/aromatic N) is 5. The molecule has 2 aromatic carbocycles. The lowest BCUT2D eigenvalue weighted by Gasteiger charge is -2.39. The van der Waals surface area contributed by atoms with E-state index in [1.165, 1.54) is 12.1 Å². The lowest BCUT2D eigenvalue weighted by molar-refractivity contribution is -0.360. The Balaban J connectivity index is 0.882. The van der Waals surface area contributed by atoms with E-state index in [0.717, 1.165) is 8.96 Å². The fourth-order valence-electron chi connectivity index (χ4n) is 7.35. The van der Waals surface area contributed by atoms with E-state index in [2.05, 4.69) is 10.3 Å². The molecule has 62 heavy (non-hydrogen) atoms. The molecule has 0 aliphatic carbocycles. The van der Waals surface area contributed by atoms with Gasteiger partial charge in [0.25, 0.3) is 0 Å². The van der Waals surface area contributed by atoms with Gasteiger partial charge < -0.3 is 71.5 Å². The molecule has 2 aromatic heterocycles. The molecule has 1 saturated heterocycles. The van der Waals surface area contributed by atoms with Crippen LogP contribution in [0.5, 0.6) is 5.75 Å². The fraction of sp³-hybridized carbons (Fsp3) is 0.381.